The summed E-state index contributed by atoms with van der Waals surface area (Å²) in [6, 6.07) is 8.80. The van der Waals surface area contributed by atoms with Gasteiger partial charge in [-0.05, 0) is 30.3 Å². The summed E-state index contributed by atoms with van der Waals surface area (Å²) in [6.45, 7) is 0. The third kappa shape index (κ3) is 4.37. The van der Waals surface area contributed by atoms with Gasteiger partial charge in [0.25, 0.3) is 0 Å². The molecule has 0 saturated heterocycles. The fourth-order valence-electron chi connectivity index (χ4n) is 1.74. The van der Waals surface area contributed by atoms with Crippen LogP contribution in [0.5, 0.6) is 0 Å². The van der Waals surface area contributed by atoms with Crippen LogP contribution in [0.3, 0.4) is 0 Å². The lowest BCUT2D eigenvalue weighted by molar-refractivity contribution is -0.138. The van der Waals surface area contributed by atoms with Gasteiger partial charge in [-0.1, -0.05) is 0 Å². The van der Waals surface area contributed by atoms with Gasteiger partial charge in [0.2, 0.25) is 0 Å². The number of rotatable bonds is 5. The van der Waals surface area contributed by atoms with Crippen LogP contribution in [0.1, 0.15) is 0 Å². The van der Waals surface area contributed by atoms with Crippen LogP contribution >= 0.6 is 0 Å². The number of anilines is 1. The standard InChI is InChI=1S/C16H15N3O4/c1-22-14(20)10-13(16(21)23-2)19-12-6-4-11(5-7-12)15-17-8-3-9-18-15/h3-10,19H,1-2H3/b13-10+. The van der Waals surface area contributed by atoms with Crippen LogP contribution in [0.4, 0.5) is 5.69 Å². The Balaban J connectivity index is 2.19. The fourth-order valence-corrected chi connectivity index (χ4v) is 1.74. The first-order valence-corrected chi connectivity index (χ1v) is 6.66. The molecule has 7 heteroatoms. The number of hydrogen-bond acceptors (Lipinski definition) is 7. The number of nitrogens with one attached hydrogen (secondary N) is 1. The zero-order valence-corrected chi connectivity index (χ0v) is 12.6. The topological polar surface area (TPSA) is 90.4 Å². The third-order valence-electron chi connectivity index (χ3n) is 2.86. The summed E-state index contributed by atoms with van der Waals surface area (Å²) < 4.78 is 9.14. The number of carbonyl (C=O) groups excluding carboxylic acids is 2. The lowest BCUT2D eigenvalue weighted by atomic mass is 10.2. The molecule has 0 atom stereocenters. The number of aromatic nitrogens is 2. The van der Waals surface area contributed by atoms with E-state index in [9.17, 15) is 9.59 Å². The Labute approximate surface area is 133 Å². The van der Waals surface area contributed by atoms with Crippen LogP contribution in [0.25, 0.3) is 11.4 Å². The van der Waals surface area contributed by atoms with E-state index in [1.165, 1.54) is 14.2 Å². The van der Waals surface area contributed by atoms with E-state index in [2.05, 4.69) is 24.8 Å². The molecule has 0 aliphatic heterocycles. The fraction of sp³-hybridized carbons (Fsp3) is 0.125. The summed E-state index contributed by atoms with van der Waals surface area (Å²) in [7, 11) is 2.45. The second-order valence-corrected chi connectivity index (χ2v) is 4.35. The van der Waals surface area contributed by atoms with Gasteiger partial charge in [0.1, 0.15) is 5.70 Å². The molecular weight excluding hydrogens is 298 g/mol. The highest BCUT2D eigenvalue weighted by atomic mass is 16.5. The molecule has 0 bridgehead atoms. The number of benzene rings is 1. The highest BCUT2D eigenvalue weighted by molar-refractivity contribution is 5.98. The maximum atomic E-state index is 11.7. The van der Waals surface area contributed by atoms with E-state index in [-0.39, 0.29) is 5.70 Å². The Kier molecular flexibility index (Phi) is 5.40. The molecule has 0 radical (unpaired) electrons. The summed E-state index contributed by atoms with van der Waals surface area (Å²) >= 11 is 0. The molecule has 118 valence electrons. The second kappa shape index (κ2) is 7.69. The average Bonchev–Trinajstić information content (AvgIpc) is 2.61. The monoisotopic (exact) mass is 313 g/mol. The van der Waals surface area contributed by atoms with E-state index in [0.717, 1.165) is 11.6 Å². The minimum absolute atomic E-state index is 0.0249. The van der Waals surface area contributed by atoms with E-state index >= 15 is 0 Å². The third-order valence-corrected chi connectivity index (χ3v) is 2.86. The summed E-state index contributed by atoms with van der Waals surface area (Å²) in [5.74, 6) is -0.740. The van der Waals surface area contributed by atoms with Crippen LogP contribution in [0, 0.1) is 0 Å². The number of carbonyl (C=O) groups is 2. The molecule has 23 heavy (non-hydrogen) atoms. The molecule has 0 aliphatic rings. The molecule has 2 rings (SSSR count). The van der Waals surface area contributed by atoms with Crippen molar-refractivity contribution in [2.24, 2.45) is 0 Å². The van der Waals surface area contributed by atoms with Crippen LogP contribution in [-0.4, -0.2) is 36.1 Å². The molecule has 0 spiro atoms. The van der Waals surface area contributed by atoms with Crippen molar-refractivity contribution in [1.29, 1.82) is 0 Å². The van der Waals surface area contributed by atoms with Crippen molar-refractivity contribution in [3.05, 3.63) is 54.5 Å². The molecule has 2 aromatic rings. The van der Waals surface area contributed by atoms with Gasteiger partial charge in [-0.25, -0.2) is 19.6 Å². The van der Waals surface area contributed by atoms with E-state index < -0.39 is 11.9 Å². The number of ether oxygens (including phenoxy) is 2. The van der Waals surface area contributed by atoms with E-state index in [1.807, 2.05) is 0 Å². The first-order chi connectivity index (χ1) is 11.1. The zero-order valence-electron chi connectivity index (χ0n) is 12.6. The minimum atomic E-state index is -0.675. The second-order valence-electron chi connectivity index (χ2n) is 4.35. The summed E-state index contributed by atoms with van der Waals surface area (Å²) in [6.07, 6.45) is 4.34. The smallest absolute Gasteiger partial charge is 0.354 e. The molecule has 0 saturated carbocycles. The Bertz CT molecular complexity index is 712. The summed E-state index contributed by atoms with van der Waals surface area (Å²) in [4.78, 5) is 31.3. The molecule has 1 aromatic carbocycles. The van der Waals surface area contributed by atoms with Gasteiger partial charge in [0.15, 0.2) is 5.82 Å². The highest BCUT2D eigenvalue weighted by Crippen LogP contribution is 2.18. The molecule has 1 heterocycles. The Hall–Kier alpha value is -3.22. The van der Waals surface area contributed by atoms with Crippen molar-refractivity contribution >= 4 is 17.6 Å². The van der Waals surface area contributed by atoms with Gasteiger partial charge in [-0.3, -0.25) is 0 Å². The first-order valence-electron chi connectivity index (χ1n) is 6.66. The molecule has 0 amide bonds. The van der Waals surface area contributed by atoms with Crippen molar-refractivity contribution in [2.45, 2.75) is 0 Å². The maximum Gasteiger partial charge on any atom is 0.354 e. The van der Waals surface area contributed by atoms with E-state index in [4.69, 9.17) is 0 Å². The summed E-state index contributed by atoms with van der Waals surface area (Å²) in [5.41, 5.74) is 1.40. The SMILES string of the molecule is COC(=O)/C=C(/Nc1ccc(-c2ncccn2)cc1)C(=O)OC. The molecule has 1 N–H and O–H groups in total. The molecule has 0 aliphatic carbocycles. The quantitative estimate of drug-likeness (QED) is 0.664. The first kappa shape index (κ1) is 16.2. The van der Waals surface area contributed by atoms with Crippen LogP contribution in [-0.2, 0) is 19.1 Å². The summed E-state index contributed by atoms with van der Waals surface area (Å²) in [5, 5.41) is 2.82. The lowest BCUT2D eigenvalue weighted by Crippen LogP contribution is -2.15. The molecule has 0 fully saturated rings. The van der Waals surface area contributed by atoms with Gasteiger partial charge in [-0.15, -0.1) is 0 Å². The van der Waals surface area contributed by atoms with Crippen molar-refractivity contribution in [3.63, 3.8) is 0 Å². The van der Waals surface area contributed by atoms with E-state index in [1.54, 1.807) is 42.7 Å². The Morgan fingerprint density at radius 1 is 1.04 bits per heavy atom. The number of nitrogens with zero attached hydrogens (tertiary/aromatic N) is 2. The number of hydrogen-bond donors (Lipinski definition) is 1. The largest absolute Gasteiger partial charge is 0.466 e. The molecule has 0 unspecified atom stereocenters. The van der Waals surface area contributed by atoms with Crippen LogP contribution in [0.15, 0.2) is 54.5 Å². The number of methoxy groups -OCH3 is 2. The maximum absolute atomic E-state index is 11.7. The Morgan fingerprint density at radius 3 is 2.26 bits per heavy atom. The van der Waals surface area contributed by atoms with Crippen LogP contribution in [0.2, 0.25) is 0 Å². The highest BCUT2D eigenvalue weighted by Gasteiger charge is 2.12. The molecule has 7 nitrogen and oxygen atoms in total. The molecular formula is C16H15N3O4. The van der Waals surface area contributed by atoms with Gasteiger partial charge < -0.3 is 14.8 Å². The number of esters is 2. The van der Waals surface area contributed by atoms with Crippen molar-refractivity contribution in [2.75, 3.05) is 19.5 Å². The normalized spacial score (nSPS) is 10.8. The molecule has 1 aromatic heterocycles. The minimum Gasteiger partial charge on any atom is -0.466 e. The predicted molar refractivity (Wildman–Crippen MR) is 83.2 cm³/mol. The van der Waals surface area contributed by atoms with Gasteiger partial charge in [-0.2, -0.15) is 0 Å². The van der Waals surface area contributed by atoms with Crippen LogP contribution < -0.4 is 5.32 Å². The lowest BCUT2D eigenvalue weighted by Gasteiger charge is -2.09. The van der Waals surface area contributed by atoms with Crippen molar-refractivity contribution in [1.82, 2.24) is 9.97 Å². The predicted octanol–water partition coefficient (Wildman–Crippen LogP) is 1.79. The zero-order chi connectivity index (χ0) is 16.7. The average molecular weight is 313 g/mol. The van der Waals surface area contributed by atoms with Crippen molar-refractivity contribution in [3.8, 4) is 11.4 Å². The Morgan fingerprint density at radius 2 is 1.70 bits per heavy atom. The van der Waals surface area contributed by atoms with Crippen molar-refractivity contribution < 1.29 is 19.1 Å². The van der Waals surface area contributed by atoms with E-state index in [0.29, 0.717) is 11.5 Å². The van der Waals surface area contributed by atoms with Gasteiger partial charge >= 0.3 is 11.9 Å². The van der Waals surface area contributed by atoms with Gasteiger partial charge in [0.05, 0.1) is 20.3 Å². The van der Waals surface area contributed by atoms with Gasteiger partial charge in [0, 0.05) is 23.6 Å².